The van der Waals surface area contributed by atoms with E-state index in [4.69, 9.17) is 9.97 Å². The maximum absolute atomic E-state index is 13.6. The molecule has 0 atom stereocenters. The van der Waals surface area contributed by atoms with E-state index in [0.717, 1.165) is 94.4 Å². The van der Waals surface area contributed by atoms with Gasteiger partial charge in [-0.1, -0.05) is 146 Å². The first kappa shape index (κ1) is 33.2. The first-order valence-corrected chi connectivity index (χ1v) is 18.8. The molecule has 264 valence electrons. The van der Waals surface area contributed by atoms with E-state index in [1.807, 2.05) is 42.5 Å². The second-order valence-corrected chi connectivity index (χ2v) is 14.0. The molecule has 0 aliphatic heterocycles. The van der Waals surface area contributed by atoms with Gasteiger partial charge in [-0.2, -0.15) is 0 Å². The molecule has 0 saturated carbocycles. The van der Waals surface area contributed by atoms with Crippen molar-refractivity contribution in [1.29, 1.82) is 0 Å². The Bertz CT molecular complexity index is 2980. The topological polar surface area (TPSA) is 29.0 Å². The molecule has 0 spiro atoms. The second kappa shape index (κ2) is 14.1. The summed E-state index contributed by atoms with van der Waals surface area (Å²) in [6.45, 7) is 0. The van der Waals surface area contributed by atoms with Gasteiger partial charge in [0.15, 0.2) is 0 Å². The van der Waals surface area contributed by atoms with E-state index >= 15 is 0 Å². The van der Waals surface area contributed by atoms with Gasteiger partial charge in [-0.3, -0.25) is 0 Å². The number of hydrogen-bond donors (Lipinski definition) is 0. The van der Waals surface area contributed by atoms with Gasteiger partial charge in [0.25, 0.3) is 0 Å². The first-order valence-electron chi connectivity index (χ1n) is 18.8. The number of para-hydroxylation sites is 1. The van der Waals surface area contributed by atoms with E-state index < -0.39 is 0 Å². The van der Waals surface area contributed by atoms with Crippen molar-refractivity contribution < 1.29 is 4.39 Å². The minimum absolute atomic E-state index is 0.236. The van der Waals surface area contributed by atoms with E-state index in [1.165, 1.54) is 12.1 Å². The van der Waals surface area contributed by atoms with Crippen LogP contribution in [0.4, 0.5) is 21.5 Å². The molecule has 0 amide bonds. The second-order valence-electron chi connectivity index (χ2n) is 14.0. The van der Waals surface area contributed by atoms with Crippen molar-refractivity contribution in [1.82, 2.24) is 9.97 Å². The number of halogens is 1. The lowest BCUT2D eigenvalue weighted by molar-refractivity contribution is 0.628. The lowest BCUT2D eigenvalue weighted by Gasteiger charge is -2.26. The van der Waals surface area contributed by atoms with Gasteiger partial charge in [-0.05, 0) is 99.1 Å². The summed E-state index contributed by atoms with van der Waals surface area (Å²) >= 11 is 0. The zero-order valence-corrected chi connectivity index (χ0v) is 30.3. The molecule has 3 nitrogen and oxygen atoms in total. The van der Waals surface area contributed by atoms with Crippen molar-refractivity contribution in [2.24, 2.45) is 0 Å². The van der Waals surface area contributed by atoms with E-state index in [2.05, 4.69) is 157 Å². The third kappa shape index (κ3) is 6.13. The van der Waals surface area contributed by atoms with Gasteiger partial charge in [0.1, 0.15) is 5.82 Å². The fraction of sp³-hybridized carbons (Fsp3) is 0. The fourth-order valence-corrected chi connectivity index (χ4v) is 7.71. The Labute approximate surface area is 324 Å². The zero-order valence-electron chi connectivity index (χ0n) is 30.3. The minimum atomic E-state index is -0.236. The maximum atomic E-state index is 13.6. The molecule has 0 bridgehead atoms. The normalized spacial score (nSPS) is 11.3. The first-order chi connectivity index (χ1) is 27.7. The van der Waals surface area contributed by atoms with Gasteiger partial charge in [-0.25, -0.2) is 14.4 Å². The Hall–Kier alpha value is -7.43. The van der Waals surface area contributed by atoms with Crippen LogP contribution >= 0.6 is 0 Å². The van der Waals surface area contributed by atoms with Crippen LogP contribution in [0, 0.1) is 5.82 Å². The molecule has 0 unspecified atom stereocenters. The van der Waals surface area contributed by atoms with Crippen LogP contribution < -0.4 is 4.90 Å². The number of fused-ring (bicyclic) bond motifs is 5. The number of aromatic nitrogens is 2. The van der Waals surface area contributed by atoms with Crippen molar-refractivity contribution in [3.63, 3.8) is 0 Å². The third-order valence-corrected chi connectivity index (χ3v) is 10.5. The maximum Gasteiger partial charge on any atom is 0.123 e. The van der Waals surface area contributed by atoms with Crippen LogP contribution in [0.25, 0.3) is 77.3 Å². The fourth-order valence-electron chi connectivity index (χ4n) is 7.71. The molecule has 0 aliphatic carbocycles. The summed E-state index contributed by atoms with van der Waals surface area (Å²) in [5.74, 6) is -0.236. The Morgan fingerprint density at radius 2 is 0.821 bits per heavy atom. The average Bonchev–Trinajstić information content (AvgIpc) is 3.27. The molecule has 0 aliphatic rings. The summed E-state index contributed by atoms with van der Waals surface area (Å²) < 4.78 is 13.6. The molecule has 0 N–H and O–H groups in total. The Morgan fingerprint density at radius 1 is 0.357 bits per heavy atom. The lowest BCUT2D eigenvalue weighted by Crippen LogP contribution is -2.09. The summed E-state index contributed by atoms with van der Waals surface area (Å²) in [5.41, 5.74) is 13.0. The summed E-state index contributed by atoms with van der Waals surface area (Å²) in [6.07, 6.45) is 0. The van der Waals surface area contributed by atoms with Crippen LogP contribution in [0.15, 0.2) is 206 Å². The van der Waals surface area contributed by atoms with Gasteiger partial charge in [0.2, 0.25) is 0 Å². The molecule has 56 heavy (non-hydrogen) atoms. The van der Waals surface area contributed by atoms with Crippen molar-refractivity contribution in [3.8, 4) is 44.8 Å². The highest BCUT2D eigenvalue weighted by Crippen LogP contribution is 2.39. The lowest BCUT2D eigenvalue weighted by atomic mass is 9.96. The molecular weight excluding hydrogens is 686 g/mol. The summed E-state index contributed by atoms with van der Waals surface area (Å²) in [7, 11) is 0. The molecule has 1 aromatic heterocycles. The van der Waals surface area contributed by atoms with Gasteiger partial charge in [0, 0.05) is 33.6 Å². The highest BCUT2D eigenvalue weighted by Gasteiger charge is 2.17. The molecule has 0 fully saturated rings. The zero-order chi connectivity index (χ0) is 37.4. The number of rotatable bonds is 7. The van der Waals surface area contributed by atoms with Crippen molar-refractivity contribution in [3.05, 3.63) is 212 Å². The molecule has 4 heteroatoms. The smallest absolute Gasteiger partial charge is 0.123 e. The number of nitrogens with zero attached hydrogens (tertiary/aromatic N) is 3. The quantitative estimate of drug-likeness (QED) is 0.154. The highest BCUT2D eigenvalue weighted by molar-refractivity contribution is 6.19. The van der Waals surface area contributed by atoms with Crippen LogP contribution in [0.3, 0.4) is 0 Å². The predicted molar refractivity (Wildman–Crippen MR) is 231 cm³/mol. The number of benzene rings is 9. The van der Waals surface area contributed by atoms with Gasteiger partial charge < -0.3 is 4.90 Å². The van der Waals surface area contributed by atoms with Crippen LogP contribution in [-0.4, -0.2) is 9.97 Å². The summed E-state index contributed by atoms with van der Waals surface area (Å²) in [6, 6.07) is 70.2. The molecule has 9 aromatic carbocycles. The van der Waals surface area contributed by atoms with Crippen molar-refractivity contribution in [2.45, 2.75) is 0 Å². The van der Waals surface area contributed by atoms with E-state index in [0.29, 0.717) is 0 Å². The summed E-state index contributed by atoms with van der Waals surface area (Å²) in [4.78, 5) is 12.9. The Morgan fingerprint density at radius 3 is 1.43 bits per heavy atom. The molecule has 10 aromatic rings. The van der Waals surface area contributed by atoms with Crippen molar-refractivity contribution in [2.75, 3.05) is 4.90 Å². The van der Waals surface area contributed by atoms with E-state index in [1.54, 1.807) is 0 Å². The van der Waals surface area contributed by atoms with Gasteiger partial charge >= 0.3 is 0 Å². The predicted octanol–water partition coefficient (Wildman–Crippen LogP) is 14.2. The third-order valence-electron chi connectivity index (χ3n) is 10.5. The highest BCUT2D eigenvalue weighted by atomic mass is 19.1. The monoisotopic (exact) mass is 719 g/mol. The molecule has 0 saturated heterocycles. The SMILES string of the molecule is Fc1ccc(-c2ccc(N(c3ccccc3)c3ccc(-c4ccc5c(ccc6ccc7nc(-c8ccccc8)c(-c8ccccc8)nc7c65)c4)cc3)cc2)cc1. The summed E-state index contributed by atoms with van der Waals surface area (Å²) in [5, 5.41) is 4.53. The van der Waals surface area contributed by atoms with Crippen LogP contribution in [0.1, 0.15) is 0 Å². The standard InChI is InChI=1S/C52H34FN3/c53-43-26-18-35(19-27-43)36-20-28-45(29-21-36)56(44-14-8-3-9-15-44)46-30-22-37(23-31-46)41-24-32-47-42(34-41)17-16-38-25-33-48-52(49(38)47)55-51(40-12-6-2-7-13-40)50(54-48)39-10-4-1-5-11-39/h1-34H. The Kier molecular flexibility index (Phi) is 8.34. The molecule has 10 rings (SSSR count). The van der Waals surface area contributed by atoms with Gasteiger partial charge in [-0.15, -0.1) is 0 Å². The van der Waals surface area contributed by atoms with Crippen LogP contribution in [0.2, 0.25) is 0 Å². The molecular formula is C52H34FN3. The van der Waals surface area contributed by atoms with Gasteiger partial charge in [0.05, 0.1) is 22.4 Å². The number of hydrogen-bond acceptors (Lipinski definition) is 3. The van der Waals surface area contributed by atoms with E-state index in [-0.39, 0.29) is 5.82 Å². The van der Waals surface area contributed by atoms with Crippen molar-refractivity contribution >= 4 is 49.6 Å². The largest absolute Gasteiger partial charge is 0.311 e. The molecule has 1 heterocycles. The van der Waals surface area contributed by atoms with Crippen LogP contribution in [0.5, 0.6) is 0 Å². The van der Waals surface area contributed by atoms with E-state index in [9.17, 15) is 4.39 Å². The van der Waals surface area contributed by atoms with Crippen LogP contribution in [-0.2, 0) is 0 Å². The minimum Gasteiger partial charge on any atom is -0.311 e. The average molecular weight is 720 g/mol. The number of anilines is 3. The Balaban J connectivity index is 1.03. The molecule has 0 radical (unpaired) electrons.